The van der Waals surface area contributed by atoms with Gasteiger partial charge in [0.15, 0.2) is 11.4 Å². The number of aromatic hydroxyl groups is 1. The monoisotopic (exact) mass is 605 g/mol. The number of aromatic nitrogens is 3. The zero-order valence-corrected chi connectivity index (χ0v) is 22.1. The Labute approximate surface area is 228 Å². The van der Waals surface area contributed by atoms with Gasteiger partial charge in [-0.1, -0.05) is 23.2 Å². The van der Waals surface area contributed by atoms with E-state index in [0.29, 0.717) is 17.5 Å². The van der Waals surface area contributed by atoms with Gasteiger partial charge in [-0.3, -0.25) is 14.6 Å². The molecule has 0 aliphatic heterocycles. The molecule has 1 saturated carbocycles. The van der Waals surface area contributed by atoms with E-state index in [1.807, 2.05) is 0 Å². The highest BCUT2D eigenvalue weighted by Gasteiger charge is 2.37. The number of alkyl halides is 2. The van der Waals surface area contributed by atoms with Gasteiger partial charge in [-0.2, -0.15) is 9.78 Å². The molecule has 208 valence electrons. The Morgan fingerprint density at radius 3 is 2.44 bits per heavy atom. The van der Waals surface area contributed by atoms with Crippen LogP contribution in [0.5, 0.6) is 17.2 Å². The third-order valence-corrected chi connectivity index (χ3v) is 7.92. The number of halogens is 4. The van der Waals surface area contributed by atoms with E-state index in [0.717, 1.165) is 24.3 Å². The fourth-order valence-corrected chi connectivity index (χ4v) is 5.73. The van der Waals surface area contributed by atoms with Gasteiger partial charge in [0.05, 0.1) is 15.7 Å². The van der Waals surface area contributed by atoms with Crippen LogP contribution in [0, 0.1) is 5.92 Å². The summed E-state index contributed by atoms with van der Waals surface area (Å²) in [7, 11) is -2.73. The predicted octanol–water partition coefficient (Wildman–Crippen LogP) is 2.47. The molecule has 17 heteroatoms. The van der Waals surface area contributed by atoms with E-state index in [9.17, 15) is 36.7 Å². The smallest absolute Gasteiger partial charge is 0.349 e. The summed E-state index contributed by atoms with van der Waals surface area (Å²) < 4.78 is 60.4. The molecule has 0 spiro atoms. The number of amides is 1. The molecule has 1 aromatic heterocycles. The zero-order chi connectivity index (χ0) is 28.6. The number of carbonyl (C=O) groups is 1. The second-order valence-electron chi connectivity index (χ2n) is 8.43. The van der Waals surface area contributed by atoms with Gasteiger partial charge in [-0.15, -0.1) is 0 Å². The minimum Gasteiger partial charge on any atom is -0.507 e. The number of nitrogens with zero attached hydrogens (tertiary/aromatic N) is 2. The van der Waals surface area contributed by atoms with Crippen molar-refractivity contribution in [3.05, 3.63) is 66.9 Å². The predicted molar refractivity (Wildman–Crippen MR) is 135 cm³/mol. The number of ether oxygens (including phenoxy) is 1. The first-order valence-electron chi connectivity index (χ1n) is 11.1. The summed E-state index contributed by atoms with van der Waals surface area (Å²) in [4.78, 5) is 36.5. The Kier molecular flexibility index (Phi) is 7.97. The number of rotatable bonds is 8. The average Bonchev–Trinajstić information content (AvgIpc) is 2.83. The number of hydrogen-bond acceptors (Lipinski definition) is 8. The maximum absolute atomic E-state index is 13.1. The van der Waals surface area contributed by atoms with Gasteiger partial charge in [-0.05, 0) is 37.1 Å². The number of nitrogens with one attached hydrogen (secondary N) is 3. The van der Waals surface area contributed by atoms with Crippen molar-refractivity contribution < 1.29 is 31.8 Å². The Bertz CT molecular complexity index is 1650. The van der Waals surface area contributed by atoms with Crippen molar-refractivity contribution in [2.75, 3.05) is 7.05 Å². The Morgan fingerprint density at radius 2 is 1.85 bits per heavy atom. The van der Waals surface area contributed by atoms with Gasteiger partial charge >= 0.3 is 5.69 Å². The maximum Gasteiger partial charge on any atom is 0.349 e. The van der Waals surface area contributed by atoms with Crippen molar-refractivity contribution in [2.24, 2.45) is 5.92 Å². The molecule has 1 aliphatic rings. The highest BCUT2D eigenvalue weighted by atomic mass is 35.5. The number of aromatic amines is 1. The Hall–Kier alpha value is -3.53. The minimum absolute atomic E-state index is 0.0964. The molecule has 1 fully saturated rings. The lowest BCUT2D eigenvalue weighted by molar-refractivity contribution is -0.127. The lowest BCUT2D eigenvalue weighted by Crippen LogP contribution is -2.48. The highest BCUT2D eigenvalue weighted by molar-refractivity contribution is 7.89. The summed E-state index contributed by atoms with van der Waals surface area (Å²) in [5, 5.41) is 15.6. The summed E-state index contributed by atoms with van der Waals surface area (Å²) in [6, 6.07) is 5.03. The maximum atomic E-state index is 13.1. The van der Waals surface area contributed by atoms with Crippen molar-refractivity contribution in [2.45, 2.75) is 30.2 Å². The number of carbonyl (C=O) groups excluding carboxylic acids is 1. The van der Waals surface area contributed by atoms with Crippen molar-refractivity contribution in [1.82, 2.24) is 24.8 Å². The molecule has 0 unspecified atom stereocenters. The minimum atomic E-state index is -4.22. The van der Waals surface area contributed by atoms with Gasteiger partial charge in [0, 0.05) is 25.1 Å². The third-order valence-electron chi connectivity index (χ3n) is 5.81. The molecule has 4 rings (SSSR count). The third kappa shape index (κ3) is 5.90. The van der Waals surface area contributed by atoms with Crippen LogP contribution in [0.2, 0.25) is 10.0 Å². The lowest BCUT2D eigenvalue weighted by atomic mass is 9.80. The summed E-state index contributed by atoms with van der Waals surface area (Å²) in [5.74, 6) is -1.37. The highest BCUT2D eigenvalue weighted by Crippen LogP contribution is 2.40. The van der Waals surface area contributed by atoms with Crippen LogP contribution in [0.4, 0.5) is 8.78 Å². The molecular weight excluding hydrogens is 587 g/mol. The molecule has 0 radical (unpaired) electrons. The van der Waals surface area contributed by atoms with Gasteiger partial charge in [0.1, 0.15) is 16.4 Å². The van der Waals surface area contributed by atoms with Crippen LogP contribution in [0.1, 0.15) is 25.0 Å². The zero-order valence-electron chi connectivity index (χ0n) is 19.7. The first-order valence-corrected chi connectivity index (χ1v) is 13.3. The van der Waals surface area contributed by atoms with Crippen molar-refractivity contribution in [1.29, 1.82) is 0 Å². The normalized spacial score (nSPS) is 17.1. The van der Waals surface area contributed by atoms with Gasteiger partial charge in [0.25, 0.3) is 12.0 Å². The molecule has 1 heterocycles. The number of phenolic OH excluding ortho intramolecular Hbond substituents is 1. The van der Waals surface area contributed by atoms with Crippen molar-refractivity contribution >= 4 is 39.1 Å². The van der Waals surface area contributed by atoms with E-state index in [1.165, 1.54) is 13.1 Å². The van der Waals surface area contributed by atoms with Gasteiger partial charge in [-0.25, -0.2) is 26.7 Å². The summed E-state index contributed by atoms with van der Waals surface area (Å²) in [5.41, 5.74) is -3.84. The fraction of sp³-hybridized carbons (Fsp3) is 0.273. The number of hydrogen-bond donors (Lipinski definition) is 4. The molecule has 0 saturated heterocycles. The molecule has 12 nitrogen and oxygen atoms in total. The molecule has 39 heavy (non-hydrogen) atoms. The molecule has 2 aromatic carbocycles. The SMILES string of the molecule is CNC(=O)[C@H]1C[C@H](NS(=O)(=O)c2cc(Oc3c(Cl)cc(-n4nc(C(F)F)c(=O)[nH]c4=O)cc3Cl)ccc2O)C1. The topological polar surface area (TPSA) is 172 Å². The Morgan fingerprint density at radius 1 is 1.21 bits per heavy atom. The van der Waals surface area contributed by atoms with E-state index < -0.39 is 50.1 Å². The van der Waals surface area contributed by atoms with Crippen LogP contribution in [0.15, 0.2) is 44.8 Å². The molecule has 0 bridgehead atoms. The van der Waals surface area contributed by atoms with Crippen molar-refractivity contribution in [3.8, 4) is 22.9 Å². The number of phenols is 1. The number of benzene rings is 2. The lowest BCUT2D eigenvalue weighted by Gasteiger charge is -2.34. The van der Waals surface area contributed by atoms with Crippen LogP contribution in [-0.2, 0) is 14.8 Å². The first-order chi connectivity index (χ1) is 18.3. The van der Waals surface area contributed by atoms with E-state index in [2.05, 4.69) is 15.1 Å². The number of H-pyrrole nitrogens is 1. The largest absolute Gasteiger partial charge is 0.507 e. The molecule has 3 aromatic rings. The second-order valence-corrected chi connectivity index (χ2v) is 10.9. The first kappa shape index (κ1) is 28.5. The average molecular weight is 606 g/mol. The van der Waals surface area contributed by atoms with Crippen LogP contribution in [-0.4, -0.2) is 47.3 Å². The van der Waals surface area contributed by atoms with E-state index in [4.69, 9.17) is 27.9 Å². The van der Waals surface area contributed by atoms with Crippen LogP contribution in [0.25, 0.3) is 5.69 Å². The summed E-state index contributed by atoms with van der Waals surface area (Å²) >= 11 is 12.5. The van der Waals surface area contributed by atoms with E-state index >= 15 is 0 Å². The van der Waals surface area contributed by atoms with E-state index in [-0.39, 0.29) is 39.1 Å². The Balaban J connectivity index is 1.59. The fourth-order valence-electron chi connectivity index (χ4n) is 3.80. The molecule has 0 atom stereocenters. The molecular formula is C22H19Cl2F2N5O7S. The quantitative estimate of drug-likeness (QED) is 0.303. The van der Waals surface area contributed by atoms with Gasteiger partial charge < -0.3 is 15.2 Å². The standard InChI is InChI=1S/C22H19Cl2F2N5O7S/c1-27-20(33)9-4-10(5-9)30-39(36,37)16-8-12(2-3-15(16)32)38-18-13(23)6-11(7-14(18)24)31-22(35)28-21(34)17(29-31)19(25)26/h2-3,6-10,19,30,32H,4-5H2,1H3,(H,27,33)(H,28,34,35)/t9-,10-. The number of sulfonamides is 1. The molecule has 1 aliphatic carbocycles. The molecule has 1 amide bonds. The van der Waals surface area contributed by atoms with Gasteiger partial charge in [0.2, 0.25) is 15.9 Å². The van der Waals surface area contributed by atoms with E-state index in [1.54, 1.807) is 4.98 Å². The second kappa shape index (κ2) is 10.9. The summed E-state index contributed by atoms with van der Waals surface area (Å²) in [6.45, 7) is 0. The van der Waals surface area contributed by atoms with Crippen molar-refractivity contribution in [3.63, 3.8) is 0 Å². The van der Waals surface area contributed by atoms with Crippen LogP contribution < -0.4 is 26.0 Å². The summed E-state index contributed by atoms with van der Waals surface area (Å²) in [6.07, 6.45) is -2.68. The molecule has 4 N–H and O–H groups in total. The van der Waals surface area contributed by atoms with Crippen LogP contribution in [0.3, 0.4) is 0 Å². The van der Waals surface area contributed by atoms with Crippen LogP contribution >= 0.6 is 23.2 Å².